The lowest BCUT2D eigenvalue weighted by molar-refractivity contribution is -0.148. The van der Waals surface area contributed by atoms with E-state index in [9.17, 15) is 27.5 Å². The number of fused-ring (bicyclic) bond motifs is 1. The molecule has 1 unspecified atom stereocenters. The highest BCUT2D eigenvalue weighted by atomic mass is 35.5. The number of hydrogen-bond donors (Lipinski definition) is 2. The predicted octanol–water partition coefficient (Wildman–Crippen LogP) is 10.3. The van der Waals surface area contributed by atoms with Gasteiger partial charge in [0.2, 0.25) is 5.91 Å². The molecule has 0 saturated carbocycles. The van der Waals surface area contributed by atoms with Gasteiger partial charge in [-0.25, -0.2) is 4.39 Å². The molecule has 65 heavy (non-hydrogen) atoms. The van der Waals surface area contributed by atoms with Gasteiger partial charge < -0.3 is 34.3 Å². The third kappa shape index (κ3) is 12.7. The Morgan fingerprint density at radius 3 is 2.38 bits per heavy atom. The first-order chi connectivity index (χ1) is 31.3. The number of piperidine rings is 1. The fourth-order valence-corrected chi connectivity index (χ4v) is 8.50. The molecule has 3 heterocycles. The van der Waals surface area contributed by atoms with Gasteiger partial charge in [0, 0.05) is 62.3 Å². The maximum Gasteiger partial charge on any atom is 0.419 e. The molecule has 2 aliphatic rings. The molecule has 0 radical (unpaired) electrons. The van der Waals surface area contributed by atoms with Crippen molar-refractivity contribution >= 4 is 17.5 Å². The Bertz CT molecular complexity index is 2350. The van der Waals surface area contributed by atoms with E-state index in [-0.39, 0.29) is 36.5 Å². The number of ether oxygens (including phenoxy) is 4. The smallest absolute Gasteiger partial charge is 0.419 e. The van der Waals surface area contributed by atoms with Crippen molar-refractivity contribution in [1.82, 2.24) is 20.0 Å². The largest absolute Gasteiger partial charge is 0.494 e. The number of unbranched alkanes of at least 4 members (excludes halogenated alkanes) is 3. The maximum absolute atomic E-state index is 13.8. The summed E-state index contributed by atoms with van der Waals surface area (Å²) >= 11 is 6.11. The Kier molecular flexibility index (Phi) is 16.0. The number of aliphatic hydroxyl groups excluding tert-OH is 1. The van der Waals surface area contributed by atoms with Gasteiger partial charge in [0.05, 0.1) is 30.9 Å². The van der Waals surface area contributed by atoms with Crippen molar-refractivity contribution in [2.45, 2.75) is 103 Å². The number of carbonyl (C=O) groups is 1. The van der Waals surface area contributed by atoms with E-state index in [4.69, 9.17) is 30.5 Å². The number of nitrogens with one attached hydrogen (secondary N) is 1. The number of benzene rings is 4. The molecule has 0 aliphatic carbocycles. The topological polar surface area (TPSA) is 107 Å². The second kappa shape index (κ2) is 21.8. The molecule has 1 spiro atoms. The fraction of sp³-hybridized carbons (Fsp3) is 0.440. The van der Waals surface area contributed by atoms with Gasteiger partial charge in [0.25, 0.3) is 5.79 Å². The lowest BCUT2D eigenvalue weighted by Crippen LogP contribution is -2.52. The molecular formula is C50H57ClF4N4O6. The zero-order valence-corrected chi connectivity index (χ0v) is 37.6. The minimum absolute atomic E-state index is 0.0619. The van der Waals surface area contributed by atoms with Crippen LogP contribution in [0.4, 0.5) is 17.6 Å². The third-order valence-corrected chi connectivity index (χ3v) is 12.2. The molecular weight excluding hydrogens is 864 g/mol. The van der Waals surface area contributed by atoms with E-state index in [0.717, 1.165) is 85.4 Å². The minimum Gasteiger partial charge on any atom is -0.494 e. The van der Waals surface area contributed by atoms with E-state index in [0.29, 0.717) is 67.7 Å². The number of aryl methyl sites for hydroxylation is 3. The number of aromatic nitrogens is 2. The molecule has 2 N–H and O–H groups in total. The second-order valence-electron chi connectivity index (χ2n) is 17.1. The van der Waals surface area contributed by atoms with Crippen molar-refractivity contribution in [2.24, 2.45) is 5.92 Å². The molecule has 1 aromatic heterocycles. The van der Waals surface area contributed by atoms with Crippen molar-refractivity contribution in [3.63, 3.8) is 0 Å². The molecule has 1 fully saturated rings. The zero-order valence-electron chi connectivity index (χ0n) is 36.8. The van der Waals surface area contributed by atoms with Gasteiger partial charge in [-0.1, -0.05) is 56.1 Å². The van der Waals surface area contributed by atoms with Crippen LogP contribution in [0, 0.1) is 11.7 Å². The number of amides is 1. The van der Waals surface area contributed by atoms with Crippen LogP contribution in [-0.2, 0) is 43.5 Å². The summed E-state index contributed by atoms with van der Waals surface area (Å²) in [6.45, 7) is 7.04. The molecule has 1 atom stereocenters. The lowest BCUT2D eigenvalue weighted by Gasteiger charge is -2.39. The van der Waals surface area contributed by atoms with Crippen molar-refractivity contribution in [3.05, 3.63) is 135 Å². The van der Waals surface area contributed by atoms with Crippen LogP contribution in [0.5, 0.6) is 23.0 Å². The summed E-state index contributed by atoms with van der Waals surface area (Å²) in [6.07, 6.45) is 5.89. The maximum atomic E-state index is 13.8. The molecule has 4 aromatic carbocycles. The summed E-state index contributed by atoms with van der Waals surface area (Å²) in [5.74, 6) is 0.497. The summed E-state index contributed by atoms with van der Waals surface area (Å²) in [6, 6.07) is 21.8. The highest BCUT2D eigenvalue weighted by Crippen LogP contribution is 2.45. The Labute approximate surface area is 382 Å². The Morgan fingerprint density at radius 1 is 0.892 bits per heavy atom. The normalized spacial score (nSPS) is 14.9. The average Bonchev–Trinajstić information content (AvgIpc) is 3.89. The number of carbonyl (C=O) groups excluding carboxylic acids is 1. The van der Waals surface area contributed by atoms with Gasteiger partial charge in [0.15, 0.2) is 11.5 Å². The van der Waals surface area contributed by atoms with Crippen LogP contribution < -0.4 is 24.3 Å². The number of likely N-dealkylation sites (tertiary alicyclic amines) is 1. The van der Waals surface area contributed by atoms with Crippen molar-refractivity contribution in [2.75, 3.05) is 32.8 Å². The van der Waals surface area contributed by atoms with Crippen LogP contribution >= 0.6 is 11.6 Å². The molecule has 348 valence electrons. The van der Waals surface area contributed by atoms with E-state index in [1.165, 1.54) is 6.07 Å². The zero-order chi connectivity index (χ0) is 46.0. The van der Waals surface area contributed by atoms with Crippen LogP contribution in [0.25, 0.3) is 0 Å². The van der Waals surface area contributed by atoms with Gasteiger partial charge in [-0.15, -0.1) is 0 Å². The molecule has 5 aromatic rings. The van der Waals surface area contributed by atoms with Crippen molar-refractivity contribution < 1.29 is 46.4 Å². The molecule has 1 saturated heterocycles. The highest BCUT2D eigenvalue weighted by molar-refractivity contribution is 6.30. The molecule has 0 bridgehead atoms. The average molecular weight is 921 g/mol. The first-order valence-corrected chi connectivity index (χ1v) is 22.8. The van der Waals surface area contributed by atoms with Gasteiger partial charge in [-0.2, -0.15) is 18.3 Å². The van der Waals surface area contributed by atoms with Crippen LogP contribution in [0.15, 0.2) is 91.3 Å². The summed E-state index contributed by atoms with van der Waals surface area (Å²) in [4.78, 5) is 15.6. The molecule has 15 heteroatoms. The Hall–Kier alpha value is -5.31. The van der Waals surface area contributed by atoms with Crippen LogP contribution in [0.1, 0.15) is 91.7 Å². The van der Waals surface area contributed by atoms with E-state index in [1.807, 2.05) is 52.2 Å². The van der Waals surface area contributed by atoms with E-state index in [2.05, 4.69) is 42.6 Å². The van der Waals surface area contributed by atoms with Gasteiger partial charge >= 0.3 is 6.18 Å². The molecule has 10 nitrogen and oxygen atoms in total. The SMILES string of the molecule is CC(C)C(C(=O)N1CCC2(CC1)Oc1ccc(CCc3cnn(CCCCCCOc4ccc(OCc5ccc(F)c(C(F)(F)F)c5)c(CNCCO)c4)c3)cc1O2)c1ccc(Cl)cc1. The number of rotatable bonds is 21. The first-order valence-electron chi connectivity index (χ1n) is 22.4. The summed E-state index contributed by atoms with van der Waals surface area (Å²) in [7, 11) is 0. The second-order valence-corrected chi connectivity index (χ2v) is 17.6. The highest BCUT2D eigenvalue weighted by Gasteiger charge is 2.46. The van der Waals surface area contributed by atoms with E-state index in [1.54, 1.807) is 12.1 Å². The fourth-order valence-electron chi connectivity index (χ4n) is 8.38. The number of hydrogen-bond acceptors (Lipinski definition) is 8. The molecule has 1 amide bonds. The van der Waals surface area contributed by atoms with Crippen molar-refractivity contribution in [3.8, 4) is 23.0 Å². The van der Waals surface area contributed by atoms with Gasteiger partial charge in [-0.3, -0.25) is 9.48 Å². The molecule has 2 aliphatic heterocycles. The monoisotopic (exact) mass is 920 g/mol. The van der Waals surface area contributed by atoms with E-state index >= 15 is 0 Å². The number of nitrogens with zero attached hydrogens (tertiary/aromatic N) is 3. The Morgan fingerprint density at radius 2 is 1.63 bits per heavy atom. The van der Waals surface area contributed by atoms with Crippen LogP contribution in [-0.4, -0.2) is 64.3 Å². The summed E-state index contributed by atoms with van der Waals surface area (Å²) < 4.78 is 80.1. The number of aliphatic hydroxyl groups is 1. The van der Waals surface area contributed by atoms with Crippen LogP contribution in [0.2, 0.25) is 5.02 Å². The predicted molar refractivity (Wildman–Crippen MR) is 240 cm³/mol. The van der Waals surface area contributed by atoms with E-state index < -0.39 is 23.3 Å². The van der Waals surface area contributed by atoms with Gasteiger partial charge in [-0.05, 0) is 115 Å². The Balaban J connectivity index is 0.802. The minimum atomic E-state index is -4.81. The van der Waals surface area contributed by atoms with Crippen LogP contribution in [0.3, 0.4) is 0 Å². The summed E-state index contributed by atoms with van der Waals surface area (Å²) in [5.41, 5.74) is 2.86. The molecule has 7 rings (SSSR count). The lowest BCUT2D eigenvalue weighted by atomic mass is 9.86. The quantitative estimate of drug-likeness (QED) is 0.0554. The van der Waals surface area contributed by atoms with Gasteiger partial charge in [0.1, 0.15) is 23.9 Å². The first kappa shape index (κ1) is 47.6. The standard InChI is InChI=1S/C50H57ClF4N4O6/c1-34(2)47(38-11-13-40(51)14-12-38)48(61)58-23-19-49(20-24-58)64-45-17-10-35(28-46(45)65-49)7-8-37-30-57-59(32-37)22-5-3-4-6-26-62-41-15-18-44(39(29-41)31-56-21-25-60)63-33-36-9-16-43(52)42(27-36)50(53,54)55/h9-18,27-30,32,34,47,56,60H,3-8,19-26,31,33H2,1-2H3. The number of halogens is 5. The van der Waals surface area contributed by atoms with Crippen molar-refractivity contribution in [1.29, 1.82) is 0 Å². The summed E-state index contributed by atoms with van der Waals surface area (Å²) in [5, 5.41) is 17.6. The third-order valence-electron chi connectivity index (χ3n) is 11.9. The number of alkyl halides is 3.